The molecule has 1 fully saturated rings. The van der Waals surface area contributed by atoms with Gasteiger partial charge in [0.1, 0.15) is 12.4 Å². The van der Waals surface area contributed by atoms with Gasteiger partial charge in [0.25, 0.3) is 0 Å². The molecule has 1 aliphatic rings. The van der Waals surface area contributed by atoms with Crippen LogP contribution in [0.4, 0.5) is 0 Å². The SMILES string of the molecule is Cl.Clc1cccc(OCCNC2CC2)c1. The molecule has 0 amide bonds. The van der Waals surface area contributed by atoms with Crippen LogP contribution in [0.1, 0.15) is 12.8 Å². The number of rotatable bonds is 5. The maximum atomic E-state index is 5.82. The van der Waals surface area contributed by atoms with Crippen molar-refractivity contribution in [1.29, 1.82) is 0 Å². The lowest BCUT2D eigenvalue weighted by atomic mass is 10.3. The van der Waals surface area contributed by atoms with Crippen molar-refractivity contribution in [1.82, 2.24) is 5.32 Å². The highest BCUT2D eigenvalue weighted by atomic mass is 35.5. The Morgan fingerprint density at radius 1 is 1.40 bits per heavy atom. The Labute approximate surface area is 101 Å². The maximum Gasteiger partial charge on any atom is 0.120 e. The summed E-state index contributed by atoms with van der Waals surface area (Å²) in [5, 5.41) is 4.10. The molecule has 0 heterocycles. The van der Waals surface area contributed by atoms with Crippen LogP contribution in [0, 0.1) is 0 Å². The van der Waals surface area contributed by atoms with Crippen molar-refractivity contribution in [3.05, 3.63) is 29.3 Å². The molecule has 1 aliphatic carbocycles. The average Bonchev–Trinajstić information content (AvgIpc) is 2.96. The van der Waals surface area contributed by atoms with E-state index in [1.54, 1.807) is 0 Å². The molecule has 1 aromatic rings. The summed E-state index contributed by atoms with van der Waals surface area (Å²) in [6, 6.07) is 8.24. The molecule has 0 aliphatic heterocycles. The van der Waals surface area contributed by atoms with Gasteiger partial charge in [0, 0.05) is 17.6 Å². The average molecular weight is 248 g/mol. The van der Waals surface area contributed by atoms with Crippen LogP contribution >= 0.6 is 24.0 Å². The molecule has 0 radical (unpaired) electrons. The Kier molecular flexibility index (Phi) is 5.23. The van der Waals surface area contributed by atoms with E-state index in [0.717, 1.165) is 23.4 Å². The zero-order valence-corrected chi connectivity index (χ0v) is 9.98. The molecule has 2 rings (SSSR count). The number of hydrogen-bond donors (Lipinski definition) is 1. The molecular formula is C11H15Cl2NO. The van der Waals surface area contributed by atoms with E-state index in [1.165, 1.54) is 12.8 Å². The van der Waals surface area contributed by atoms with Crippen LogP contribution in [-0.4, -0.2) is 19.2 Å². The smallest absolute Gasteiger partial charge is 0.120 e. The predicted octanol–water partition coefficient (Wildman–Crippen LogP) is 2.89. The molecule has 0 unspecified atom stereocenters. The number of halogens is 2. The molecule has 0 spiro atoms. The first-order chi connectivity index (χ1) is 6.84. The third kappa shape index (κ3) is 4.74. The van der Waals surface area contributed by atoms with E-state index in [0.29, 0.717) is 6.61 Å². The second-order valence-corrected chi connectivity index (χ2v) is 3.97. The van der Waals surface area contributed by atoms with Crippen molar-refractivity contribution in [2.75, 3.05) is 13.2 Å². The topological polar surface area (TPSA) is 21.3 Å². The van der Waals surface area contributed by atoms with Gasteiger partial charge >= 0.3 is 0 Å². The molecule has 2 nitrogen and oxygen atoms in total. The summed E-state index contributed by atoms with van der Waals surface area (Å²) in [5.74, 6) is 0.843. The van der Waals surface area contributed by atoms with Crippen LogP contribution in [0.3, 0.4) is 0 Å². The number of hydrogen-bond acceptors (Lipinski definition) is 2. The van der Waals surface area contributed by atoms with E-state index in [9.17, 15) is 0 Å². The van der Waals surface area contributed by atoms with E-state index in [-0.39, 0.29) is 12.4 Å². The lowest BCUT2D eigenvalue weighted by Gasteiger charge is -2.06. The molecular weight excluding hydrogens is 233 g/mol. The predicted molar refractivity (Wildman–Crippen MR) is 65.2 cm³/mol. The molecule has 15 heavy (non-hydrogen) atoms. The van der Waals surface area contributed by atoms with Crippen molar-refractivity contribution in [2.24, 2.45) is 0 Å². The van der Waals surface area contributed by atoms with E-state index in [2.05, 4.69) is 5.32 Å². The molecule has 1 aromatic carbocycles. The van der Waals surface area contributed by atoms with Crippen molar-refractivity contribution >= 4 is 24.0 Å². The molecule has 4 heteroatoms. The lowest BCUT2D eigenvalue weighted by molar-refractivity contribution is 0.313. The van der Waals surface area contributed by atoms with Gasteiger partial charge in [0.2, 0.25) is 0 Å². The highest BCUT2D eigenvalue weighted by molar-refractivity contribution is 6.30. The molecule has 0 saturated heterocycles. The van der Waals surface area contributed by atoms with Gasteiger partial charge in [0.15, 0.2) is 0 Å². The first kappa shape index (κ1) is 12.6. The van der Waals surface area contributed by atoms with Gasteiger partial charge in [-0.3, -0.25) is 0 Å². The van der Waals surface area contributed by atoms with Gasteiger partial charge < -0.3 is 10.1 Å². The number of ether oxygens (including phenoxy) is 1. The lowest BCUT2D eigenvalue weighted by Crippen LogP contribution is -2.22. The second-order valence-electron chi connectivity index (χ2n) is 3.53. The van der Waals surface area contributed by atoms with Crippen molar-refractivity contribution in [3.8, 4) is 5.75 Å². The summed E-state index contributed by atoms with van der Waals surface area (Å²) in [6.45, 7) is 1.62. The minimum absolute atomic E-state index is 0. The summed E-state index contributed by atoms with van der Waals surface area (Å²) < 4.78 is 5.52. The Balaban J connectivity index is 0.00000112. The van der Waals surface area contributed by atoms with E-state index >= 15 is 0 Å². The van der Waals surface area contributed by atoms with Crippen molar-refractivity contribution in [2.45, 2.75) is 18.9 Å². The Morgan fingerprint density at radius 3 is 2.87 bits per heavy atom. The van der Waals surface area contributed by atoms with Crippen LogP contribution in [0.25, 0.3) is 0 Å². The van der Waals surface area contributed by atoms with E-state index in [1.807, 2.05) is 24.3 Å². The molecule has 0 bridgehead atoms. The molecule has 1 saturated carbocycles. The van der Waals surface area contributed by atoms with Gasteiger partial charge in [-0.15, -0.1) is 12.4 Å². The van der Waals surface area contributed by atoms with Crippen LogP contribution < -0.4 is 10.1 Å². The first-order valence-electron chi connectivity index (χ1n) is 4.96. The fourth-order valence-corrected chi connectivity index (χ4v) is 1.46. The largest absolute Gasteiger partial charge is 0.492 e. The Hall–Kier alpha value is -0.440. The fraction of sp³-hybridized carbons (Fsp3) is 0.455. The quantitative estimate of drug-likeness (QED) is 0.809. The summed E-state index contributed by atoms with van der Waals surface area (Å²) in [7, 11) is 0. The summed E-state index contributed by atoms with van der Waals surface area (Å²) >= 11 is 5.82. The van der Waals surface area contributed by atoms with Gasteiger partial charge in [-0.1, -0.05) is 17.7 Å². The highest BCUT2D eigenvalue weighted by Crippen LogP contribution is 2.19. The summed E-state index contributed by atoms with van der Waals surface area (Å²) in [6.07, 6.45) is 2.63. The van der Waals surface area contributed by atoms with Gasteiger partial charge in [-0.25, -0.2) is 0 Å². The van der Waals surface area contributed by atoms with Gasteiger partial charge in [-0.05, 0) is 31.0 Å². The van der Waals surface area contributed by atoms with Crippen molar-refractivity contribution < 1.29 is 4.74 Å². The molecule has 0 aromatic heterocycles. The second kappa shape index (κ2) is 6.21. The molecule has 84 valence electrons. The third-order valence-corrected chi connectivity index (χ3v) is 2.41. The monoisotopic (exact) mass is 247 g/mol. The van der Waals surface area contributed by atoms with Gasteiger partial charge in [0.05, 0.1) is 0 Å². The number of benzene rings is 1. The maximum absolute atomic E-state index is 5.82. The van der Waals surface area contributed by atoms with E-state index in [4.69, 9.17) is 16.3 Å². The molecule has 0 atom stereocenters. The Bertz CT molecular complexity index is 302. The van der Waals surface area contributed by atoms with Gasteiger partial charge in [-0.2, -0.15) is 0 Å². The zero-order chi connectivity index (χ0) is 9.80. The molecule has 1 N–H and O–H groups in total. The first-order valence-corrected chi connectivity index (χ1v) is 5.34. The van der Waals surface area contributed by atoms with Crippen LogP contribution in [0.2, 0.25) is 5.02 Å². The Morgan fingerprint density at radius 2 is 2.20 bits per heavy atom. The summed E-state index contributed by atoms with van der Waals surface area (Å²) in [4.78, 5) is 0. The fourth-order valence-electron chi connectivity index (χ4n) is 1.28. The normalized spacial score (nSPS) is 14.5. The standard InChI is InChI=1S/C11H14ClNO.ClH/c12-9-2-1-3-11(8-9)14-7-6-13-10-4-5-10;/h1-3,8,10,13H,4-7H2;1H. The van der Waals surface area contributed by atoms with Crippen LogP contribution in [-0.2, 0) is 0 Å². The zero-order valence-electron chi connectivity index (χ0n) is 8.41. The van der Waals surface area contributed by atoms with E-state index < -0.39 is 0 Å². The summed E-state index contributed by atoms with van der Waals surface area (Å²) in [5.41, 5.74) is 0. The minimum Gasteiger partial charge on any atom is -0.492 e. The number of nitrogens with one attached hydrogen (secondary N) is 1. The van der Waals surface area contributed by atoms with Crippen LogP contribution in [0.5, 0.6) is 5.75 Å². The minimum atomic E-state index is 0. The third-order valence-electron chi connectivity index (χ3n) is 2.18. The van der Waals surface area contributed by atoms with Crippen LogP contribution in [0.15, 0.2) is 24.3 Å². The van der Waals surface area contributed by atoms with Crippen molar-refractivity contribution in [3.63, 3.8) is 0 Å². The highest BCUT2D eigenvalue weighted by Gasteiger charge is 2.19.